The van der Waals surface area contributed by atoms with E-state index in [1.54, 1.807) is 4.90 Å². The van der Waals surface area contributed by atoms with Gasteiger partial charge in [0.1, 0.15) is 0 Å². The predicted molar refractivity (Wildman–Crippen MR) is 76.7 cm³/mol. The van der Waals surface area contributed by atoms with Crippen LogP contribution in [-0.2, 0) is 11.2 Å². The fourth-order valence-electron chi connectivity index (χ4n) is 2.78. The average molecular weight is 275 g/mol. The number of likely N-dealkylation sites (tertiary alicyclic amines) is 1. The molecule has 1 amide bonds. The van der Waals surface area contributed by atoms with Crippen LogP contribution in [0.4, 0.5) is 0 Å². The third-order valence-electron chi connectivity index (χ3n) is 4.12. The molecular formula is C16H21NO3. The molecule has 1 fully saturated rings. The Morgan fingerprint density at radius 2 is 2.00 bits per heavy atom. The fourth-order valence-corrected chi connectivity index (χ4v) is 2.78. The van der Waals surface area contributed by atoms with E-state index in [4.69, 9.17) is 5.11 Å². The van der Waals surface area contributed by atoms with Gasteiger partial charge in [0, 0.05) is 18.2 Å². The highest BCUT2D eigenvalue weighted by atomic mass is 16.4. The second-order valence-electron chi connectivity index (χ2n) is 5.43. The van der Waals surface area contributed by atoms with E-state index in [2.05, 4.69) is 0 Å². The van der Waals surface area contributed by atoms with Crippen molar-refractivity contribution >= 4 is 11.9 Å². The van der Waals surface area contributed by atoms with Crippen molar-refractivity contribution in [3.63, 3.8) is 0 Å². The molecule has 0 radical (unpaired) electrons. The standard InChI is InChI=1S/C16H21NO3/c1-3-12-6-4-5-7-14(12)15(18)17-10-13(16(19)20)9-8-11(17)2/h4-7,11,13H,3,8-10H2,1-2H3,(H,19,20). The maximum absolute atomic E-state index is 12.7. The van der Waals surface area contributed by atoms with Crippen LogP contribution in [0.15, 0.2) is 24.3 Å². The number of hydrogen-bond donors (Lipinski definition) is 1. The first kappa shape index (κ1) is 14.6. The number of carbonyl (C=O) groups is 2. The zero-order chi connectivity index (χ0) is 14.7. The molecule has 1 aromatic carbocycles. The number of benzene rings is 1. The smallest absolute Gasteiger partial charge is 0.308 e. The van der Waals surface area contributed by atoms with Gasteiger partial charge in [-0.2, -0.15) is 0 Å². The Labute approximate surface area is 119 Å². The van der Waals surface area contributed by atoms with Gasteiger partial charge in [-0.1, -0.05) is 25.1 Å². The van der Waals surface area contributed by atoms with E-state index in [9.17, 15) is 9.59 Å². The average Bonchev–Trinajstić information content (AvgIpc) is 2.46. The van der Waals surface area contributed by atoms with Crippen molar-refractivity contribution in [3.8, 4) is 0 Å². The number of hydrogen-bond acceptors (Lipinski definition) is 2. The molecule has 4 nitrogen and oxygen atoms in total. The summed E-state index contributed by atoms with van der Waals surface area (Å²) < 4.78 is 0. The third-order valence-corrected chi connectivity index (χ3v) is 4.12. The molecule has 1 aliphatic rings. The van der Waals surface area contributed by atoms with Crippen LogP contribution in [0, 0.1) is 5.92 Å². The first-order chi connectivity index (χ1) is 9.54. The summed E-state index contributed by atoms with van der Waals surface area (Å²) in [6.07, 6.45) is 2.19. The Morgan fingerprint density at radius 3 is 2.65 bits per heavy atom. The van der Waals surface area contributed by atoms with Gasteiger partial charge in [-0.3, -0.25) is 9.59 Å². The maximum atomic E-state index is 12.7. The topological polar surface area (TPSA) is 57.6 Å². The largest absolute Gasteiger partial charge is 0.481 e. The van der Waals surface area contributed by atoms with Crippen LogP contribution in [0.5, 0.6) is 0 Å². The van der Waals surface area contributed by atoms with Crippen LogP contribution >= 0.6 is 0 Å². The highest BCUT2D eigenvalue weighted by Crippen LogP contribution is 2.25. The normalized spacial score (nSPS) is 22.6. The van der Waals surface area contributed by atoms with Crippen molar-refractivity contribution < 1.29 is 14.7 Å². The molecule has 0 bridgehead atoms. The summed E-state index contributed by atoms with van der Waals surface area (Å²) in [6, 6.07) is 7.67. The summed E-state index contributed by atoms with van der Waals surface area (Å²) in [5.74, 6) is -1.29. The van der Waals surface area contributed by atoms with Gasteiger partial charge in [-0.15, -0.1) is 0 Å². The second kappa shape index (κ2) is 6.07. The van der Waals surface area contributed by atoms with Crippen LogP contribution in [0.3, 0.4) is 0 Å². The van der Waals surface area contributed by atoms with Gasteiger partial charge in [0.25, 0.3) is 5.91 Å². The minimum atomic E-state index is -0.807. The summed E-state index contributed by atoms with van der Waals surface area (Å²) in [5.41, 5.74) is 1.72. The molecule has 2 unspecified atom stereocenters. The number of amides is 1. The monoisotopic (exact) mass is 275 g/mol. The molecule has 2 atom stereocenters. The van der Waals surface area contributed by atoms with E-state index in [0.29, 0.717) is 18.5 Å². The lowest BCUT2D eigenvalue weighted by atomic mass is 9.92. The summed E-state index contributed by atoms with van der Waals surface area (Å²) in [6.45, 7) is 4.32. The molecule has 1 N–H and O–H groups in total. The summed E-state index contributed by atoms with van der Waals surface area (Å²) >= 11 is 0. The van der Waals surface area contributed by atoms with Gasteiger partial charge in [-0.25, -0.2) is 0 Å². The number of aryl methyl sites for hydroxylation is 1. The fraction of sp³-hybridized carbons (Fsp3) is 0.500. The highest BCUT2D eigenvalue weighted by molar-refractivity contribution is 5.96. The molecule has 1 saturated heterocycles. The number of rotatable bonds is 3. The number of aliphatic carboxylic acids is 1. The Morgan fingerprint density at radius 1 is 1.30 bits per heavy atom. The molecule has 108 valence electrons. The molecule has 0 saturated carbocycles. The third kappa shape index (κ3) is 2.84. The van der Waals surface area contributed by atoms with E-state index in [1.807, 2.05) is 38.1 Å². The Balaban J connectivity index is 2.24. The minimum absolute atomic E-state index is 0.0408. The second-order valence-corrected chi connectivity index (χ2v) is 5.43. The summed E-state index contributed by atoms with van der Waals surface area (Å²) in [7, 11) is 0. The first-order valence-electron chi connectivity index (χ1n) is 7.16. The number of carboxylic acids is 1. The van der Waals surface area contributed by atoms with E-state index in [-0.39, 0.29) is 11.9 Å². The Kier molecular flexibility index (Phi) is 4.42. The lowest BCUT2D eigenvalue weighted by Gasteiger charge is -2.36. The quantitative estimate of drug-likeness (QED) is 0.922. The van der Waals surface area contributed by atoms with Gasteiger partial charge in [0.2, 0.25) is 0 Å². The molecule has 2 rings (SSSR count). The Bertz CT molecular complexity index is 512. The van der Waals surface area contributed by atoms with Crippen molar-refractivity contribution in [2.24, 2.45) is 5.92 Å². The van der Waals surface area contributed by atoms with Crippen molar-refractivity contribution in [2.45, 2.75) is 39.2 Å². The van der Waals surface area contributed by atoms with Gasteiger partial charge in [0.05, 0.1) is 5.92 Å². The van der Waals surface area contributed by atoms with Crippen LogP contribution in [-0.4, -0.2) is 34.5 Å². The van der Waals surface area contributed by atoms with Crippen molar-refractivity contribution in [2.75, 3.05) is 6.54 Å². The predicted octanol–water partition coefficient (Wildman–Crippen LogP) is 2.57. The maximum Gasteiger partial charge on any atom is 0.308 e. The van der Waals surface area contributed by atoms with E-state index >= 15 is 0 Å². The number of carbonyl (C=O) groups excluding carboxylic acids is 1. The van der Waals surface area contributed by atoms with Crippen molar-refractivity contribution in [1.82, 2.24) is 4.90 Å². The zero-order valence-corrected chi connectivity index (χ0v) is 12.0. The van der Waals surface area contributed by atoms with Gasteiger partial charge < -0.3 is 10.0 Å². The molecular weight excluding hydrogens is 254 g/mol. The summed E-state index contributed by atoms with van der Waals surface area (Å²) in [5, 5.41) is 9.16. The van der Waals surface area contributed by atoms with Crippen LogP contribution < -0.4 is 0 Å². The lowest BCUT2D eigenvalue weighted by Crippen LogP contribution is -2.47. The van der Waals surface area contributed by atoms with E-state index in [0.717, 1.165) is 18.4 Å². The lowest BCUT2D eigenvalue weighted by molar-refractivity contribution is -0.143. The van der Waals surface area contributed by atoms with Crippen molar-refractivity contribution in [3.05, 3.63) is 35.4 Å². The molecule has 1 aliphatic heterocycles. The SMILES string of the molecule is CCc1ccccc1C(=O)N1CC(C(=O)O)CCC1C. The summed E-state index contributed by atoms with van der Waals surface area (Å²) in [4.78, 5) is 25.6. The molecule has 4 heteroatoms. The molecule has 0 aliphatic carbocycles. The van der Waals surface area contributed by atoms with Crippen LogP contribution in [0.2, 0.25) is 0 Å². The molecule has 0 aromatic heterocycles. The Hall–Kier alpha value is -1.84. The molecule has 0 spiro atoms. The van der Waals surface area contributed by atoms with E-state index < -0.39 is 11.9 Å². The number of carboxylic acid groups (broad SMARTS) is 1. The molecule has 20 heavy (non-hydrogen) atoms. The van der Waals surface area contributed by atoms with Crippen molar-refractivity contribution in [1.29, 1.82) is 0 Å². The van der Waals surface area contributed by atoms with Gasteiger partial charge in [0.15, 0.2) is 0 Å². The van der Waals surface area contributed by atoms with Gasteiger partial charge >= 0.3 is 5.97 Å². The molecule has 1 aromatic rings. The van der Waals surface area contributed by atoms with E-state index in [1.165, 1.54) is 0 Å². The highest BCUT2D eigenvalue weighted by Gasteiger charge is 2.33. The molecule has 1 heterocycles. The van der Waals surface area contributed by atoms with Crippen LogP contribution in [0.25, 0.3) is 0 Å². The zero-order valence-electron chi connectivity index (χ0n) is 12.0. The number of nitrogens with zero attached hydrogens (tertiary/aromatic N) is 1. The minimum Gasteiger partial charge on any atom is -0.481 e. The number of piperidine rings is 1. The van der Waals surface area contributed by atoms with Crippen LogP contribution in [0.1, 0.15) is 42.6 Å². The van der Waals surface area contributed by atoms with Gasteiger partial charge in [-0.05, 0) is 37.8 Å². The first-order valence-corrected chi connectivity index (χ1v) is 7.16.